The summed E-state index contributed by atoms with van der Waals surface area (Å²) in [4.78, 5) is 20.7. The summed E-state index contributed by atoms with van der Waals surface area (Å²) >= 11 is 0. The Balaban J connectivity index is 1.42. The molecular weight excluding hydrogens is 404 g/mol. The monoisotopic (exact) mass is 421 g/mol. The molecule has 2 aromatic heterocycles. The Morgan fingerprint density at radius 3 is 2.29 bits per heavy atom. The van der Waals surface area contributed by atoms with E-state index in [1.807, 2.05) is 29.1 Å². The second-order valence-electron chi connectivity index (χ2n) is 6.50. The minimum atomic E-state index is -0.863. The number of hydrogen-bond donors (Lipinski definition) is 2. The Kier molecular flexibility index (Phi) is 5.57. The molecule has 2 aromatic carbocycles. The van der Waals surface area contributed by atoms with Gasteiger partial charge in [-0.1, -0.05) is 6.07 Å². The third-order valence-electron chi connectivity index (χ3n) is 4.21. The van der Waals surface area contributed by atoms with Crippen LogP contribution >= 0.6 is 0 Å². The number of amides is 2. The lowest BCUT2D eigenvalue weighted by atomic mass is 10.3. The molecule has 0 aliphatic rings. The van der Waals surface area contributed by atoms with Crippen LogP contribution in [0.3, 0.4) is 0 Å². The van der Waals surface area contributed by atoms with E-state index in [2.05, 4.69) is 20.6 Å². The van der Waals surface area contributed by atoms with Gasteiger partial charge in [-0.2, -0.15) is 4.98 Å². The third-order valence-corrected chi connectivity index (χ3v) is 4.21. The number of benzene rings is 2. The molecule has 9 heteroatoms. The molecular formula is C22H17F2N5O2. The number of carbonyl (C=O) groups is 1. The molecule has 0 radical (unpaired) electrons. The Labute approximate surface area is 176 Å². The molecule has 0 saturated heterocycles. The maximum Gasteiger partial charge on any atom is 0.323 e. The van der Waals surface area contributed by atoms with Crippen molar-refractivity contribution >= 4 is 17.4 Å². The summed E-state index contributed by atoms with van der Waals surface area (Å²) in [6.45, 7) is 1.77. The number of aromatic nitrogens is 3. The fourth-order valence-electron chi connectivity index (χ4n) is 2.82. The fraction of sp³-hybridized carbons (Fsp3) is 0.0455. The zero-order valence-electron chi connectivity index (χ0n) is 16.3. The summed E-state index contributed by atoms with van der Waals surface area (Å²) < 4.78 is 34.9. The number of anilines is 2. The van der Waals surface area contributed by atoms with Crippen LogP contribution in [0.1, 0.15) is 5.82 Å². The standard InChI is InChI=1S/C22H17F2N5O2/c1-14-25-19(29-11-2-3-12-29)13-20(26-14)31-16-9-7-15(8-10-16)27-22(30)28-21-17(23)5-4-6-18(21)24/h2-13H,1H3,(H2,27,28,30). The summed E-state index contributed by atoms with van der Waals surface area (Å²) in [6, 6.07) is 14.5. The number of aryl methyl sites for hydroxylation is 1. The highest BCUT2D eigenvalue weighted by molar-refractivity contribution is 5.99. The van der Waals surface area contributed by atoms with Crippen molar-refractivity contribution < 1.29 is 18.3 Å². The second kappa shape index (κ2) is 8.62. The summed E-state index contributed by atoms with van der Waals surface area (Å²) in [5, 5.41) is 4.66. The first-order chi connectivity index (χ1) is 15.0. The second-order valence-corrected chi connectivity index (χ2v) is 6.50. The minimum absolute atomic E-state index is 0.365. The van der Waals surface area contributed by atoms with Crippen LogP contribution in [-0.2, 0) is 0 Å². The molecule has 0 spiro atoms. The molecule has 2 amide bonds. The lowest BCUT2D eigenvalue weighted by Gasteiger charge is -2.11. The average molecular weight is 421 g/mol. The van der Waals surface area contributed by atoms with Gasteiger partial charge in [0.05, 0.1) is 0 Å². The van der Waals surface area contributed by atoms with Gasteiger partial charge in [-0.25, -0.2) is 18.6 Å². The van der Waals surface area contributed by atoms with Gasteiger partial charge in [-0.15, -0.1) is 0 Å². The van der Waals surface area contributed by atoms with Crippen molar-refractivity contribution in [1.82, 2.24) is 14.5 Å². The zero-order valence-corrected chi connectivity index (χ0v) is 16.3. The lowest BCUT2D eigenvalue weighted by molar-refractivity contribution is 0.262. The maximum absolute atomic E-state index is 13.6. The number of carbonyl (C=O) groups excluding carboxylic acids is 1. The molecule has 0 saturated carbocycles. The molecule has 2 N–H and O–H groups in total. The van der Waals surface area contributed by atoms with Gasteiger partial charge in [0.15, 0.2) is 0 Å². The van der Waals surface area contributed by atoms with E-state index >= 15 is 0 Å². The van der Waals surface area contributed by atoms with Crippen LogP contribution in [0, 0.1) is 18.6 Å². The molecule has 0 atom stereocenters. The van der Waals surface area contributed by atoms with E-state index in [0.29, 0.717) is 29.0 Å². The van der Waals surface area contributed by atoms with Crippen molar-refractivity contribution in [3.8, 4) is 17.4 Å². The Bertz CT molecular complexity index is 1190. The predicted molar refractivity (Wildman–Crippen MR) is 112 cm³/mol. The number of para-hydroxylation sites is 1. The van der Waals surface area contributed by atoms with Crippen molar-refractivity contribution in [3.63, 3.8) is 0 Å². The molecule has 2 heterocycles. The Hall–Kier alpha value is -4.27. The first-order valence-electron chi connectivity index (χ1n) is 9.27. The van der Waals surface area contributed by atoms with Gasteiger partial charge in [0.1, 0.15) is 34.7 Å². The number of ether oxygens (including phenoxy) is 1. The number of nitrogens with zero attached hydrogens (tertiary/aromatic N) is 3. The van der Waals surface area contributed by atoms with Crippen molar-refractivity contribution in [2.24, 2.45) is 0 Å². The van der Waals surface area contributed by atoms with Gasteiger partial charge in [-0.3, -0.25) is 0 Å². The van der Waals surface area contributed by atoms with Gasteiger partial charge in [0.2, 0.25) is 5.88 Å². The van der Waals surface area contributed by atoms with Gasteiger partial charge < -0.3 is 19.9 Å². The average Bonchev–Trinajstić information content (AvgIpc) is 3.27. The van der Waals surface area contributed by atoms with Gasteiger partial charge in [0, 0.05) is 24.1 Å². The first-order valence-corrected chi connectivity index (χ1v) is 9.27. The molecule has 0 bridgehead atoms. The van der Waals surface area contributed by atoms with Crippen molar-refractivity contribution in [1.29, 1.82) is 0 Å². The van der Waals surface area contributed by atoms with E-state index in [4.69, 9.17) is 4.74 Å². The number of rotatable bonds is 5. The highest BCUT2D eigenvalue weighted by atomic mass is 19.1. The van der Waals surface area contributed by atoms with Crippen LogP contribution in [0.2, 0.25) is 0 Å². The highest BCUT2D eigenvalue weighted by Gasteiger charge is 2.12. The maximum atomic E-state index is 13.6. The largest absolute Gasteiger partial charge is 0.439 e. The van der Waals surface area contributed by atoms with Crippen LogP contribution in [0.5, 0.6) is 11.6 Å². The minimum Gasteiger partial charge on any atom is -0.439 e. The topological polar surface area (TPSA) is 81.1 Å². The molecule has 0 unspecified atom stereocenters. The van der Waals surface area contributed by atoms with Crippen LogP contribution in [0.25, 0.3) is 5.82 Å². The van der Waals surface area contributed by atoms with Gasteiger partial charge in [-0.05, 0) is 55.5 Å². The number of urea groups is 1. The summed E-state index contributed by atoms with van der Waals surface area (Å²) in [7, 11) is 0. The molecule has 0 fully saturated rings. The molecule has 156 valence electrons. The normalized spacial score (nSPS) is 10.5. The van der Waals surface area contributed by atoms with Crippen LogP contribution in [0.15, 0.2) is 73.1 Å². The quantitative estimate of drug-likeness (QED) is 0.459. The van der Waals surface area contributed by atoms with Crippen LogP contribution in [-0.4, -0.2) is 20.6 Å². The van der Waals surface area contributed by atoms with E-state index < -0.39 is 23.4 Å². The van der Waals surface area contributed by atoms with Gasteiger partial charge >= 0.3 is 6.03 Å². The number of nitrogens with one attached hydrogen (secondary N) is 2. The molecule has 31 heavy (non-hydrogen) atoms. The van der Waals surface area contributed by atoms with Crippen LogP contribution in [0.4, 0.5) is 25.0 Å². The van der Waals surface area contributed by atoms with Gasteiger partial charge in [0.25, 0.3) is 0 Å². The van der Waals surface area contributed by atoms with E-state index in [0.717, 1.165) is 12.1 Å². The molecule has 7 nitrogen and oxygen atoms in total. The summed E-state index contributed by atoms with van der Waals surface area (Å²) in [5.41, 5.74) is -0.105. The van der Waals surface area contributed by atoms with E-state index in [9.17, 15) is 13.6 Å². The predicted octanol–water partition coefficient (Wildman–Crippen LogP) is 5.29. The van der Waals surface area contributed by atoms with E-state index in [-0.39, 0.29) is 0 Å². The van der Waals surface area contributed by atoms with Crippen LogP contribution < -0.4 is 15.4 Å². The van der Waals surface area contributed by atoms with Crippen molar-refractivity contribution in [2.45, 2.75) is 6.92 Å². The summed E-state index contributed by atoms with van der Waals surface area (Å²) in [6.07, 6.45) is 3.73. The third kappa shape index (κ3) is 4.84. The summed E-state index contributed by atoms with van der Waals surface area (Å²) in [5.74, 6) is 0.350. The Morgan fingerprint density at radius 2 is 1.61 bits per heavy atom. The first kappa shape index (κ1) is 20.0. The fourth-order valence-corrected chi connectivity index (χ4v) is 2.82. The lowest BCUT2D eigenvalue weighted by Crippen LogP contribution is -2.20. The molecule has 0 aliphatic heterocycles. The number of hydrogen-bond acceptors (Lipinski definition) is 4. The molecule has 0 aliphatic carbocycles. The Morgan fingerprint density at radius 1 is 0.935 bits per heavy atom. The SMILES string of the molecule is Cc1nc(Oc2ccc(NC(=O)Nc3c(F)cccc3F)cc2)cc(-n2cccc2)n1. The van der Waals surface area contributed by atoms with E-state index in [1.165, 1.54) is 6.07 Å². The number of halogens is 2. The molecule has 4 aromatic rings. The molecule has 4 rings (SSSR count). The smallest absolute Gasteiger partial charge is 0.323 e. The van der Waals surface area contributed by atoms with Crippen molar-refractivity contribution in [2.75, 3.05) is 10.6 Å². The highest BCUT2D eigenvalue weighted by Crippen LogP contribution is 2.24. The van der Waals surface area contributed by atoms with Crippen molar-refractivity contribution in [3.05, 3.63) is 90.5 Å². The zero-order chi connectivity index (χ0) is 21.8. The van der Waals surface area contributed by atoms with E-state index in [1.54, 1.807) is 37.3 Å².